The number of likely N-dealkylation sites (tertiary alicyclic amines) is 1. The van der Waals surface area contributed by atoms with E-state index in [-0.39, 0.29) is 5.92 Å². The number of rotatable bonds is 3. The van der Waals surface area contributed by atoms with Gasteiger partial charge in [0.2, 0.25) is 5.91 Å². The van der Waals surface area contributed by atoms with Gasteiger partial charge in [0.05, 0.1) is 0 Å². The van der Waals surface area contributed by atoms with Crippen molar-refractivity contribution in [3.63, 3.8) is 0 Å². The monoisotopic (exact) mass is 245 g/mol. The summed E-state index contributed by atoms with van der Waals surface area (Å²) in [5.74, 6) is 1.04. The predicted molar refractivity (Wildman–Crippen MR) is 74.3 cm³/mol. The second-order valence-corrected chi connectivity index (χ2v) is 5.83. The molecule has 18 heavy (non-hydrogen) atoms. The molecule has 1 heterocycles. The predicted octanol–water partition coefficient (Wildman–Crippen LogP) is 3.12. The fourth-order valence-electron chi connectivity index (χ4n) is 2.83. The zero-order chi connectivity index (χ0) is 13.1. The lowest BCUT2D eigenvalue weighted by atomic mass is 10.0. The number of carbonyl (C=O) groups excluding carboxylic acids is 1. The van der Waals surface area contributed by atoms with E-state index in [9.17, 15) is 4.79 Å². The van der Waals surface area contributed by atoms with Crippen molar-refractivity contribution >= 4 is 5.91 Å². The van der Waals surface area contributed by atoms with Gasteiger partial charge in [-0.15, -0.1) is 0 Å². The van der Waals surface area contributed by atoms with Crippen LogP contribution in [0, 0.1) is 11.8 Å². The van der Waals surface area contributed by atoms with Crippen LogP contribution >= 0.6 is 0 Å². The highest BCUT2D eigenvalue weighted by Crippen LogP contribution is 2.27. The molecule has 2 atom stereocenters. The van der Waals surface area contributed by atoms with E-state index in [1.165, 1.54) is 5.56 Å². The van der Waals surface area contributed by atoms with E-state index in [0.29, 0.717) is 17.9 Å². The van der Waals surface area contributed by atoms with E-state index >= 15 is 0 Å². The van der Waals surface area contributed by atoms with Crippen molar-refractivity contribution in [3.05, 3.63) is 35.9 Å². The van der Waals surface area contributed by atoms with Crippen molar-refractivity contribution in [3.8, 4) is 0 Å². The quantitative estimate of drug-likeness (QED) is 0.801. The van der Waals surface area contributed by atoms with E-state index in [1.807, 2.05) is 19.9 Å². The van der Waals surface area contributed by atoms with Gasteiger partial charge in [0.25, 0.3) is 0 Å². The third kappa shape index (κ3) is 2.92. The van der Waals surface area contributed by atoms with Crippen LogP contribution in [0.2, 0.25) is 0 Å². The second-order valence-electron chi connectivity index (χ2n) is 5.83. The minimum Gasteiger partial charge on any atom is -0.339 e. The van der Waals surface area contributed by atoms with Gasteiger partial charge >= 0.3 is 0 Å². The fraction of sp³-hybridized carbons (Fsp3) is 0.562. The van der Waals surface area contributed by atoms with E-state index in [2.05, 4.69) is 36.1 Å². The summed E-state index contributed by atoms with van der Waals surface area (Å²) in [6.07, 6.45) is 2.12. The van der Waals surface area contributed by atoms with Crippen LogP contribution in [0.25, 0.3) is 0 Å². The Kier molecular flexibility index (Phi) is 4.05. The average Bonchev–Trinajstić information content (AvgIpc) is 2.70. The SMILES string of the molecule is CC(C)C(=O)N1C[C@H](C)C[C@@H]1Cc1ccccc1. The zero-order valence-electron chi connectivity index (χ0n) is 11.6. The Balaban J connectivity index is 2.08. The van der Waals surface area contributed by atoms with Crippen molar-refractivity contribution < 1.29 is 4.79 Å². The number of nitrogens with zero attached hydrogens (tertiary/aromatic N) is 1. The van der Waals surface area contributed by atoms with Crippen LogP contribution in [0.15, 0.2) is 30.3 Å². The lowest BCUT2D eigenvalue weighted by molar-refractivity contribution is -0.135. The molecule has 1 aliphatic heterocycles. The van der Waals surface area contributed by atoms with Crippen molar-refractivity contribution in [2.24, 2.45) is 11.8 Å². The number of benzene rings is 1. The Morgan fingerprint density at radius 2 is 2.00 bits per heavy atom. The molecule has 1 aromatic carbocycles. The van der Waals surface area contributed by atoms with Crippen LogP contribution in [0.1, 0.15) is 32.8 Å². The molecular weight excluding hydrogens is 222 g/mol. The van der Waals surface area contributed by atoms with Gasteiger partial charge in [0.1, 0.15) is 0 Å². The summed E-state index contributed by atoms with van der Waals surface area (Å²) < 4.78 is 0. The molecule has 1 aromatic rings. The van der Waals surface area contributed by atoms with Gasteiger partial charge in [-0.3, -0.25) is 4.79 Å². The standard InChI is InChI=1S/C16H23NO/c1-12(2)16(18)17-11-13(3)9-15(17)10-14-7-5-4-6-8-14/h4-8,12-13,15H,9-11H2,1-3H3/t13-,15-/m1/s1. The highest BCUT2D eigenvalue weighted by Gasteiger charge is 2.33. The topological polar surface area (TPSA) is 20.3 Å². The fourth-order valence-corrected chi connectivity index (χ4v) is 2.83. The summed E-state index contributed by atoms with van der Waals surface area (Å²) >= 11 is 0. The minimum absolute atomic E-state index is 0.105. The third-order valence-corrected chi connectivity index (χ3v) is 3.71. The first-order valence-corrected chi connectivity index (χ1v) is 6.92. The minimum atomic E-state index is 0.105. The number of carbonyl (C=O) groups is 1. The van der Waals surface area contributed by atoms with Gasteiger partial charge in [-0.25, -0.2) is 0 Å². The van der Waals surface area contributed by atoms with E-state index < -0.39 is 0 Å². The van der Waals surface area contributed by atoms with Crippen LogP contribution in [-0.2, 0) is 11.2 Å². The molecule has 1 amide bonds. The van der Waals surface area contributed by atoms with Crippen LogP contribution in [0.4, 0.5) is 0 Å². The molecule has 2 rings (SSSR count). The van der Waals surface area contributed by atoms with Crippen LogP contribution in [0.3, 0.4) is 0 Å². The number of hydrogen-bond donors (Lipinski definition) is 0. The van der Waals surface area contributed by atoms with Gasteiger partial charge in [-0.05, 0) is 24.3 Å². The molecule has 0 bridgehead atoms. The molecule has 2 nitrogen and oxygen atoms in total. The zero-order valence-corrected chi connectivity index (χ0v) is 11.6. The highest BCUT2D eigenvalue weighted by atomic mass is 16.2. The molecule has 0 spiro atoms. The van der Waals surface area contributed by atoms with Gasteiger partial charge in [-0.2, -0.15) is 0 Å². The maximum atomic E-state index is 12.2. The molecule has 98 valence electrons. The summed E-state index contributed by atoms with van der Waals surface area (Å²) in [6, 6.07) is 10.9. The largest absolute Gasteiger partial charge is 0.339 e. The van der Waals surface area contributed by atoms with Gasteiger partial charge in [-0.1, -0.05) is 51.1 Å². The lowest BCUT2D eigenvalue weighted by Gasteiger charge is -2.26. The Morgan fingerprint density at radius 3 is 2.61 bits per heavy atom. The molecule has 0 radical (unpaired) electrons. The van der Waals surface area contributed by atoms with Crippen LogP contribution in [0.5, 0.6) is 0 Å². The molecule has 1 aliphatic rings. The van der Waals surface area contributed by atoms with Crippen LogP contribution < -0.4 is 0 Å². The molecule has 2 heteroatoms. The highest BCUT2D eigenvalue weighted by molar-refractivity contribution is 5.78. The second kappa shape index (κ2) is 5.55. The molecular formula is C16H23NO. The Bertz CT molecular complexity index is 399. The van der Waals surface area contributed by atoms with Crippen molar-refractivity contribution in [1.82, 2.24) is 4.90 Å². The molecule has 0 unspecified atom stereocenters. The van der Waals surface area contributed by atoms with Crippen molar-refractivity contribution in [2.75, 3.05) is 6.54 Å². The lowest BCUT2D eigenvalue weighted by Crippen LogP contribution is -2.39. The van der Waals surface area contributed by atoms with Gasteiger partial charge in [0, 0.05) is 18.5 Å². The smallest absolute Gasteiger partial charge is 0.225 e. The molecule has 1 fully saturated rings. The normalized spacial score (nSPS) is 23.7. The van der Waals surface area contributed by atoms with Gasteiger partial charge in [0.15, 0.2) is 0 Å². The molecule has 0 aliphatic carbocycles. The number of amides is 1. The molecule has 0 N–H and O–H groups in total. The maximum absolute atomic E-state index is 12.2. The number of hydrogen-bond acceptors (Lipinski definition) is 1. The first-order valence-electron chi connectivity index (χ1n) is 6.92. The maximum Gasteiger partial charge on any atom is 0.225 e. The van der Waals surface area contributed by atoms with Crippen LogP contribution in [-0.4, -0.2) is 23.4 Å². The van der Waals surface area contributed by atoms with E-state index in [4.69, 9.17) is 0 Å². The van der Waals surface area contributed by atoms with E-state index in [1.54, 1.807) is 0 Å². The Labute approximate surface area is 110 Å². The summed E-state index contributed by atoms with van der Waals surface area (Å²) in [6.45, 7) is 7.15. The van der Waals surface area contributed by atoms with Gasteiger partial charge < -0.3 is 4.90 Å². The molecule has 1 saturated heterocycles. The third-order valence-electron chi connectivity index (χ3n) is 3.71. The summed E-state index contributed by atoms with van der Waals surface area (Å²) in [7, 11) is 0. The van der Waals surface area contributed by atoms with E-state index in [0.717, 1.165) is 19.4 Å². The summed E-state index contributed by atoms with van der Waals surface area (Å²) in [4.78, 5) is 14.3. The summed E-state index contributed by atoms with van der Waals surface area (Å²) in [5, 5.41) is 0. The first kappa shape index (κ1) is 13.1. The van der Waals surface area contributed by atoms with Crippen molar-refractivity contribution in [2.45, 2.75) is 39.7 Å². The Morgan fingerprint density at radius 1 is 1.33 bits per heavy atom. The first-order chi connectivity index (χ1) is 8.58. The van der Waals surface area contributed by atoms with Crippen molar-refractivity contribution in [1.29, 1.82) is 0 Å². The molecule has 0 aromatic heterocycles. The Hall–Kier alpha value is -1.31. The average molecular weight is 245 g/mol. The molecule has 0 saturated carbocycles. The summed E-state index contributed by atoms with van der Waals surface area (Å²) in [5.41, 5.74) is 1.33.